The van der Waals surface area contributed by atoms with Crippen molar-refractivity contribution in [2.24, 2.45) is 5.92 Å². The molecule has 1 aromatic carbocycles. The standard InChI is InChI=1S/C12H14O3/c1-7(12(14)15)10-4-2-8-6-9(13)3-5-11(8)10/h3,5-7,10,13H,2,4H2,1H3,(H,14,15)/t7?,10-/m0/s1. The largest absolute Gasteiger partial charge is 0.508 e. The molecule has 0 aromatic heterocycles. The zero-order valence-corrected chi connectivity index (χ0v) is 8.60. The van der Waals surface area contributed by atoms with Crippen molar-refractivity contribution in [1.29, 1.82) is 0 Å². The van der Waals surface area contributed by atoms with Crippen molar-refractivity contribution < 1.29 is 15.0 Å². The number of aryl methyl sites for hydroxylation is 1. The summed E-state index contributed by atoms with van der Waals surface area (Å²) >= 11 is 0. The summed E-state index contributed by atoms with van der Waals surface area (Å²) in [5.41, 5.74) is 2.18. The molecule has 0 spiro atoms. The van der Waals surface area contributed by atoms with E-state index in [9.17, 15) is 9.90 Å². The summed E-state index contributed by atoms with van der Waals surface area (Å²) in [4.78, 5) is 10.9. The monoisotopic (exact) mass is 206 g/mol. The smallest absolute Gasteiger partial charge is 0.306 e. The number of benzene rings is 1. The Morgan fingerprint density at radius 1 is 1.53 bits per heavy atom. The Labute approximate surface area is 88.4 Å². The summed E-state index contributed by atoms with van der Waals surface area (Å²) < 4.78 is 0. The summed E-state index contributed by atoms with van der Waals surface area (Å²) in [5.74, 6) is -0.743. The molecule has 0 saturated heterocycles. The van der Waals surface area contributed by atoms with Gasteiger partial charge in [0, 0.05) is 0 Å². The summed E-state index contributed by atoms with van der Waals surface area (Å²) in [6.07, 6.45) is 1.73. The second kappa shape index (κ2) is 3.57. The van der Waals surface area contributed by atoms with Gasteiger partial charge < -0.3 is 10.2 Å². The maximum Gasteiger partial charge on any atom is 0.306 e. The molecule has 0 bridgehead atoms. The average Bonchev–Trinajstić information content (AvgIpc) is 2.59. The Balaban J connectivity index is 2.32. The van der Waals surface area contributed by atoms with Crippen LogP contribution in [-0.2, 0) is 11.2 Å². The van der Waals surface area contributed by atoms with Crippen molar-refractivity contribution in [2.75, 3.05) is 0 Å². The molecule has 2 rings (SSSR count). The Hall–Kier alpha value is -1.51. The van der Waals surface area contributed by atoms with E-state index in [4.69, 9.17) is 5.11 Å². The van der Waals surface area contributed by atoms with Crippen LogP contribution in [0.2, 0.25) is 0 Å². The van der Waals surface area contributed by atoms with Crippen molar-refractivity contribution in [2.45, 2.75) is 25.7 Å². The highest BCUT2D eigenvalue weighted by atomic mass is 16.4. The van der Waals surface area contributed by atoms with E-state index < -0.39 is 5.97 Å². The third-order valence-electron chi connectivity index (χ3n) is 3.24. The third kappa shape index (κ3) is 1.69. The molecule has 0 heterocycles. The van der Waals surface area contributed by atoms with Gasteiger partial charge in [0.25, 0.3) is 0 Å². The minimum absolute atomic E-state index is 0.0955. The van der Waals surface area contributed by atoms with Gasteiger partial charge in [0.05, 0.1) is 5.92 Å². The van der Waals surface area contributed by atoms with E-state index in [0.29, 0.717) is 0 Å². The van der Waals surface area contributed by atoms with Crippen molar-refractivity contribution >= 4 is 5.97 Å². The van der Waals surface area contributed by atoms with Crippen LogP contribution in [0.3, 0.4) is 0 Å². The van der Waals surface area contributed by atoms with E-state index in [1.165, 1.54) is 0 Å². The predicted molar refractivity (Wildman–Crippen MR) is 56.0 cm³/mol. The highest BCUT2D eigenvalue weighted by Gasteiger charge is 2.31. The molecule has 3 heteroatoms. The second-order valence-corrected chi connectivity index (χ2v) is 4.16. The summed E-state index contributed by atoms with van der Waals surface area (Å²) in [6, 6.07) is 5.22. The summed E-state index contributed by atoms with van der Waals surface area (Å²) in [5, 5.41) is 18.3. The molecule has 2 atom stereocenters. The van der Waals surface area contributed by atoms with E-state index in [-0.39, 0.29) is 17.6 Å². The van der Waals surface area contributed by atoms with Gasteiger partial charge in [-0.05, 0) is 42.0 Å². The number of carboxylic acid groups (broad SMARTS) is 1. The quantitative estimate of drug-likeness (QED) is 0.779. The molecule has 1 unspecified atom stereocenters. The number of carbonyl (C=O) groups is 1. The van der Waals surface area contributed by atoms with Gasteiger partial charge in [-0.25, -0.2) is 0 Å². The number of phenols is 1. The fourth-order valence-electron chi connectivity index (χ4n) is 2.33. The summed E-state index contributed by atoms with van der Waals surface area (Å²) in [7, 11) is 0. The van der Waals surface area contributed by atoms with Gasteiger partial charge in [0.2, 0.25) is 0 Å². The number of rotatable bonds is 2. The van der Waals surface area contributed by atoms with E-state index >= 15 is 0 Å². The van der Waals surface area contributed by atoms with Crippen molar-refractivity contribution in [3.05, 3.63) is 29.3 Å². The lowest BCUT2D eigenvalue weighted by Crippen LogP contribution is -2.17. The molecule has 0 radical (unpaired) electrons. The molecular formula is C12H14O3. The van der Waals surface area contributed by atoms with Gasteiger partial charge in [-0.2, -0.15) is 0 Å². The van der Waals surface area contributed by atoms with E-state index in [0.717, 1.165) is 24.0 Å². The molecule has 0 amide bonds. The van der Waals surface area contributed by atoms with Crippen LogP contribution in [0.5, 0.6) is 5.75 Å². The normalized spacial score (nSPS) is 21.0. The first-order chi connectivity index (χ1) is 7.09. The van der Waals surface area contributed by atoms with Crippen molar-refractivity contribution in [3.8, 4) is 5.75 Å². The van der Waals surface area contributed by atoms with Crippen LogP contribution in [0.4, 0.5) is 0 Å². The third-order valence-corrected chi connectivity index (χ3v) is 3.24. The first-order valence-electron chi connectivity index (χ1n) is 5.14. The summed E-state index contributed by atoms with van der Waals surface area (Å²) in [6.45, 7) is 1.74. The molecule has 1 aliphatic carbocycles. The highest BCUT2D eigenvalue weighted by Crippen LogP contribution is 2.39. The maximum absolute atomic E-state index is 10.9. The van der Waals surface area contributed by atoms with Crippen LogP contribution in [0.15, 0.2) is 18.2 Å². The van der Waals surface area contributed by atoms with Crippen LogP contribution < -0.4 is 0 Å². The molecule has 80 valence electrons. The Morgan fingerprint density at radius 3 is 2.93 bits per heavy atom. The fraction of sp³-hybridized carbons (Fsp3) is 0.417. The zero-order valence-electron chi connectivity index (χ0n) is 8.60. The number of hydrogen-bond donors (Lipinski definition) is 2. The topological polar surface area (TPSA) is 57.5 Å². The van der Waals surface area contributed by atoms with E-state index in [1.54, 1.807) is 19.1 Å². The molecule has 3 nitrogen and oxygen atoms in total. The molecular weight excluding hydrogens is 192 g/mol. The Morgan fingerprint density at radius 2 is 2.27 bits per heavy atom. The van der Waals surface area contributed by atoms with Gasteiger partial charge in [-0.1, -0.05) is 13.0 Å². The first kappa shape index (κ1) is 10.0. The van der Waals surface area contributed by atoms with Gasteiger partial charge in [-0.15, -0.1) is 0 Å². The number of aliphatic carboxylic acids is 1. The maximum atomic E-state index is 10.9. The Kier molecular flexibility index (Phi) is 2.39. The highest BCUT2D eigenvalue weighted by molar-refractivity contribution is 5.71. The van der Waals surface area contributed by atoms with E-state index in [1.807, 2.05) is 6.07 Å². The Bertz CT molecular complexity index is 398. The van der Waals surface area contributed by atoms with Crippen LogP contribution in [0.1, 0.15) is 30.4 Å². The van der Waals surface area contributed by atoms with Crippen molar-refractivity contribution in [3.63, 3.8) is 0 Å². The second-order valence-electron chi connectivity index (χ2n) is 4.16. The molecule has 1 aromatic rings. The number of fused-ring (bicyclic) bond motifs is 1. The van der Waals surface area contributed by atoms with Gasteiger partial charge in [-0.3, -0.25) is 4.79 Å². The molecule has 15 heavy (non-hydrogen) atoms. The van der Waals surface area contributed by atoms with E-state index in [2.05, 4.69) is 0 Å². The van der Waals surface area contributed by atoms with Crippen molar-refractivity contribution in [1.82, 2.24) is 0 Å². The zero-order chi connectivity index (χ0) is 11.0. The molecule has 0 aliphatic heterocycles. The molecule has 1 aliphatic rings. The lowest BCUT2D eigenvalue weighted by molar-refractivity contribution is -0.141. The predicted octanol–water partition coefficient (Wildman–Crippen LogP) is 2.14. The van der Waals surface area contributed by atoms with Gasteiger partial charge in [0.15, 0.2) is 0 Å². The van der Waals surface area contributed by atoms with Gasteiger partial charge in [0.1, 0.15) is 5.75 Å². The number of hydrogen-bond acceptors (Lipinski definition) is 2. The van der Waals surface area contributed by atoms with Crippen LogP contribution in [0.25, 0.3) is 0 Å². The minimum Gasteiger partial charge on any atom is -0.508 e. The SMILES string of the molecule is CC(C(=O)O)[C@@H]1CCc2cc(O)ccc21. The molecule has 0 saturated carbocycles. The fourth-order valence-corrected chi connectivity index (χ4v) is 2.33. The number of aromatic hydroxyl groups is 1. The average molecular weight is 206 g/mol. The number of carboxylic acids is 1. The minimum atomic E-state index is -0.749. The van der Waals surface area contributed by atoms with Crippen LogP contribution >= 0.6 is 0 Å². The van der Waals surface area contributed by atoms with Crippen LogP contribution in [-0.4, -0.2) is 16.2 Å². The first-order valence-corrected chi connectivity index (χ1v) is 5.14. The number of phenolic OH excluding ortho intramolecular Hbond substituents is 1. The van der Waals surface area contributed by atoms with Crippen LogP contribution in [0, 0.1) is 5.92 Å². The molecule has 2 N–H and O–H groups in total. The lowest BCUT2D eigenvalue weighted by Gasteiger charge is -2.15. The lowest BCUT2D eigenvalue weighted by atomic mass is 9.89. The molecule has 0 fully saturated rings. The van der Waals surface area contributed by atoms with Gasteiger partial charge >= 0.3 is 5.97 Å².